The molecule has 2 rings (SSSR count). The van der Waals surface area contributed by atoms with Crippen LogP contribution in [-0.4, -0.2) is 18.1 Å². The molecule has 0 spiro atoms. The summed E-state index contributed by atoms with van der Waals surface area (Å²) >= 11 is 0. The highest BCUT2D eigenvalue weighted by Gasteiger charge is 2.27. The van der Waals surface area contributed by atoms with E-state index in [1.165, 1.54) is 19.3 Å². The zero-order valence-corrected chi connectivity index (χ0v) is 9.54. The maximum absolute atomic E-state index is 11.5. The Labute approximate surface area is 96.4 Å². The molecule has 0 aromatic heterocycles. The van der Waals surface area contributed by atoms with Crippen LogP contribution in [0.5, 0.6) is 0 Å². The number of nitriles is 1. The average molecular weight is 221 g/mol. The summed E-state index contributed by atoms with van der Waals surface area (Å²) in [6.45, 7) is 0. The van der Waals surface area contributed by atoms with Crippen LogP contribution in [0.1, 0.15) is 44.9 Å². The minimum atomic E-state index is -0.306. The Kier molecular flexibility index (Phi) is 3.66. The molecule has 2 amide bonds. The predicted octanol–water partition coefficient (Wildman–Crippen LogP) is 1.92. The lowest BCUT2D eigenvalue weighted by atomic mass is 9.84. The van der Waals surface area contributed by atoms with E-state index >= 15 is 0 Å². The summed E-state index contributed by atoms with van der Waals surface area (Å²) in [6.07, 6.45) is 7.94. The molecule has 0 bridgehead atoms. The summed E-state index contributed by atoms with van der Waals surface area (Å²) in [4.78, 5) is 11.5. The number of rotatable bonds is 3. The highest BCUT2D eigenvalue weighted by atomic mass is 16.2. The minimum Gasteiger partial charge on any atom is -0.335 e. The van der Waals surface area contributed by atoms with Crippen molar-refractivity contribution in [2.75, 3.05) is 0 Å². The number of carbonyl (C=O) groups is 1. The molecule has 2 aliphatic carbocycles. The first-order chi connectivity index (χ1) is 7.79. The Morgan fingerprint density at radius 3 is 2.44 bits per heavy atom. The van der Waals surface area contributed by atoms with Gasteiger partial charge in [-0.05, 0) is 31.6 Å². The largest absolute Gasteiger partial charge is 0.335 e. The quantitative estimate of drug-likeness (QED) is 0.764. The highest BCUT2D eigenvalue weighted by molar-refractivity contribution is 5.75. The van der Waals surface area contributed by atoms with Crippen molar-refractivity contribution < 1.29 is 4.79 Å². The van der Waals surface area contributed by atoms with Crippen molar-refractivity contribution in [3.63, 3.8) is 0 Å². The summed E-state index contributed by atoms with van der Waals surface area (Å²) in [5.41, 5.74) is 0. The van der Waals surface area contributed by atoms with Gasteiger partial charge >= 0.3 is 6.03 Å². The van der Waals surface area contributed by atoms with Crippen LogP contribution in [-0.2, 0) is 0 Å². The third-order valence-electron chi connectivity index (χ3n) is 3.46. The van der Waals surface area contributed by atoms with E-state index in [0.29, 0.717) is 12.0 Å². The van der Waals surface area contributed by atoms with E-state index in [-0.39, 0.29) is 12.1 Å². The fourth-order valence-electron chi connectivity index (χ4n) is 2.32. The molecule has 0 radical (unpaired) electrons. The fourth-order valence-corrected chi connectivity index (χ4v) is 2.32. The molecule has 4 heteroatoms. The van der Waals surface area contributed by atoms with E-state index in [1.54, 1.807) is 0 Å². The molecular formula is C12H19N3O. The second-order valence-corrected chi connectivity index (χ2v) is 4.90. The van der Waals surface area contributed by atoms with E-state index in [4.69, 9.17) is 5.26 Å². The number of hydrogen-bond acceptors (Lipinski definition) is 2. The maximum atomic E-state index is 11.5. The molecule has 4 nitrogen and oxygen atoms in total. The average Bonchev–Trinajstić information content (AvgIpc) is 3.11. The summed E-state index contributed by atoms with van der Waals surface area (Å²) in [5, 5.41) is 14.7. The number of carbonyl (C=O) groups excluding carboxylic acids is 1. The van der Waals surface area contributed by atoms with Crippen molar-refractivity contribution in [3.05, 3.63) is 0 Å². The van der Waals surface area contributed by atoms with E-state index in [2.05, 4.69) is 16.7 Å². The van der Waals surface area contributed by atoms with Crippen molar-refractivity contribution in [1.29, 1.82) is 5.26 Å². The molecule has 16 heavy (non-hydrogen) atoms. The second-order valence-electron chi connectivity index (χ2n) is 4.90. The molecular weight excluding hydrogens is 202 g/mol. The molecule has 0 heterocycles. The fraction of sp³-hybridized carbons (Fsp3) is 0.833. The topological polar surface area (TPSA) is 64.9 Å². The molecule has 88 valence electrons. The van der Waals surface area contributed by atoms with Gasteiger partial charge in [-0.15, -0.1) is 0 Å². The zero-order chi connectivity index (χ0) is 11.4. The summed E-state index contributed by atoms with van der Waals surface area (Å²) in [5.74, 6) is 0.351. The van der Waals surface area contributed by atoms with Crippen LogP contribution < -0.4 is 10.6 Å². The van der Waals surface area contributed by atoms with Crippen LogP contribution in [0.4, 0.5) is 4.79 Å². The molecule has 0 aliphatic heterocycles. The minimum absolute atomic E-state index is 0.167. The zero-order valence-electron chi connectivity index (χ0n) is 9.54. The third kappa shape index (κ3) is 3.13. The highest BCUT2D eigenvalue weighted by Crippen LogP contribution is 2.26. The molecule has 0 saturated heterocycles. The monoisotopic (exact) mass is 221 g/mol. The lowest BCUT2D eigenvalue weighted by Gasteiger charge is -2.26. The van der Waals surface area contributed by atoms with Gasteiger partial charge in [-0.3, -0.25) is 0 Å². The summed E-state index contributed by atoms with van der Waals surface area (Å²) in [6, 6.07) is 2.10. The number of nitrogens with zero attached hydrogens (tertiary/aromatic N) is 1. The summed E-state index contributed by atoms with van der Waals surface area (Å²) in [7, 11) is 0. The Hall–Kier alpha value is -1.24. The Balaban J connectivity index is 1.79. The number of hydrogen-bond donors (Lipinski definition) is 2. The van der Waals surface area contributed by atoms with Crippen LogP contribution in [0.3, 0.4) is 0 Å². The second kappa shape index (κ2) is 5.20. The van der Waals surface area contributed by atoms with Gasteiger partial charge in [-0.1, -0.05) is 19.3 Å². The van der Waals surface area contributed by atoms with Crippen molar-refractivity contribution >= 4 is 6.03 Å². The van der Waals surface area contributed by atoms with Crippen LogP contribution in [0, 0.1) is 17.2 Å². The van der Waals surface area contributed by atoms with E-state index in [9.17, 15) is 4.79 Å². The molecule has 2 saturated carbocycles. The number of amides is 2. The molecule has 0 aromatic carbocycles. The van der Waals surface area contributed by atoms with Gasteiger partial charge in [0.2, 0.25) is 0 Å². The van der Waals surface area contributed by atoms with Crippen LogP contribution >= 0.6 is 0 Å². The van der Waals surface area contributed by atoms with Gasteiger partial charge in [0.05, 0.1) is 6.07 Å². The lowest BCUT2D eigenvalue weighted by Crippen LogP contribution is -2.46. The molecule has 1 atom stereocenters. The van der Waals surface area contributed by atoms with E-state index in [1.807, 2.05) is 0 Å². The first-order valence-electron chi connectivity index (χ1n) is 6.26. The Morgan fingerprint density at radius 2 is 1.88 bits per heavy atom. The first kappa shape index (κ1) is 11.3. The molecule has 1 unspecified atom stereocenters. The van der Waals surface area contributed by atoms with E-state index in [0.717, 1.165) is 25.7 Å². The van der Waals surface area contributed by atoms with Gasteiger partial charge in [-0.2, -0.15) is 5.26 Å². The van der Waals surface area contributed by atoms with Crippen LogP contribution in [0.2, 0.25) is 0 Å². The third-order valence-corrected chi connectivity index (χ3v) is 3.46. The van der Waals surface area contributed by atoms with Gasteiger partial charge < -0.3 is 10.6 Å². The number of nitrogens with one attached hydrogen (secondary N) is 2. The first-order valence-corrected chi connectivity index (χ1v) is 6.26. The smallest absolute Gasteiger partial charge is 0.316 e. The summed E-state index contributed by atoms with van der Waals surface area (Å²) < 4.78 is 0. The maximum Gasteiger partial charge on any atom is 0.316 e. The standard InChI is InChI=1S/C12H19N3O/c13-8-11(9-4-2-1-3-5-9)15-12(16)14-10-6-7-10/h9-11H,1-7H2,(H2,14,15,16). The van der Waals surface area contributed by atoms with Gasteiger partial charge in [-0.25, -0.2) is 4.79 Å². The van der Waals surface area contributed by atoms with Crippen LogP contribution in [0.25, 0.3) is 0 Å². The van der Waals surface area contributed by atoms with Gasteiger partial charge in [0.15, 0.2) is 0 Å². The van der Waals surface area contributed by atoms with Crippen LogP contribution in [0.15, 0.2) is 0 Å². The van der Waals surface area contributed by atoms with Crippen molar-refractivity contribution in [2.24, 2.45) is 5.92 Å². The molecule has 0 aromatic rings. The van der Waals surface area contributed by atoms with Gasteiger partial charge in [0.25, 0.3) is 0 Å². The lowest BCUT2D eigenvalue weighted by molar-refractivity contribution is 0.229. The van der Waals surface area contributed by atoms with Crippen molar-refractivity contribution in [2.45, 2.75) is 57.0 Å². The molecule has 2 fully saturated rings. The molecule has 2 N–H and O–H groups in total. The Morgan fingerprint density at radius 1 is 1.19 bits per heavy atom. The van der Waals surface area contributed by atoms with Gasteiger partial charge in [0.1, 0.15) is 6.04 Å². The SMILES string of the molecule is N#CC(NC(=O)NC1CC1)C1CCCCC1. The number of urea groups is 1. The van der Waals surface area contributed by atoms with E-state index < -0.39 is 0 Å². The normalized spacial score (nSPS) is 23.2. The Bertz CT molecular complexity index is 287. The van der Waals surface area contributed by atoms with Crippen molar-refractivity contribution in [1.82, 2.24) is 10.6 Å². The van der Waals surface area contributed by atoms with Gasteiger partial charge in [0, 0.05) is 6.04 Å². The van der Waals surface area contributed by atoms with Crippen molar-refractivity contribution in [3.8, 4) is 6.07 Å². The predicted molar refractivity (Wildman–Crippen MR) is 60.7 cm³/mol. The molecule has 2 aliphatic rings.